The molecule has 1 saturated heterocycles. The van der Waals surface area contributed by atoms with Crippen molar-refractivity contribution in [2.45, 2.75) is 5.25 Å². The van der Waals surface area contributed by atoms with E-state index < -0.39 is 0 Å². The van der Waals surface area contributed by atoms with Crippen molar-refractivity contribution in [1.82, 2.24) is 0 Å². The van der Waals surface area contributed by atoms with Gasteiger partial charge in [-0.1, -0.05) is 0 Å². The first-order valence-electron chi connectivity index (χ1n) is 2.07. The molecule has 0 aromatic heterocycles. The van der Waals surface area contributed by atoms with Crippen molar-refractivity contribution in [2.24, 2.45) is 0 Å². The van der Waals surface area contributed by atoms with Crippen molar-refractivity contribution < 1.29 is 5.11 Å². The zero-order valence-electron chi connectivity index (χ0n) is 3.76. The molecule has 4 heteroatoms. The first-order valence-corrected chi connectivity index (χ1v) is 9.07. The van der Waals surface area contributed by atoms with Crippen molar-refractivity contribution in [3.8, 4) is 0 Å². The van der Waals surface area contributed by atoms with Crippen LogP contribution in [0.3, 0.4) is 0 Å². The molecule has 1 N–H and O–H groups in total. The predicted octanol–water partition coefficient (Wildman–Crippen LogP) is 0.0938. The Kier molecular flexibility index (Phi) is 2.98. The van der Waals surface area contributed by atoms with Gasteiger partial charge in [0.1, 0.15) is 0 Å². The predicted molar refractivity (Wildman–Crippen MR) is 38.1 cm³/mol. The van der Waals surface area contributed by atoms with Crippen molar-refractivity contribution in [1.29, 1.82) is 0 Å². The van der Waals surface area contributed by atoms with Gasteiger partial charge in [0.15, 0.2) is 0 Å². The van der Waals surface area contributed by atoms with Gasteiger partial charge in [-0.05, 0) is 0 Å². The fraction of sp³-hybridized carbons (Fsp3) is 1.00. The molecule has 0 spiro atoms. The SMILES string of the molecule is OCC1CS[AsH]S1. The summed E-state index contributed by atoms with van der Waals surface area (Å²) in [6, 6.07) is 0. The quantitative estimate of drug-likeness (QED) is 0.603. The van der Waals surface area contributed by atoms with E-state index in [1.807, 2.05) is 20.0 Å². The monoisotopic (exact) mass is 198 g/mol. The average Bonchev–Trinajstić information content (AvgIpc) is 2.14. The molecule has 2 atom stereocenters. The molecule has 1 nitrogen and oxygen atoms in total. The molecular weight excluding hydrogens is 191 g/mol. The van der Waals surface area contributed by atoms with Gasteiger partial charge < -0.3 is 0 Å². The average molecular weight is 198 g/mol. The molecular formula is C3H7AsOS2. The van der Waals surface area contributed by atoms with Gasteiger partial charge in [-0.15, -0.1) is 0 Å². The summed E-state index contributed by atoms with van der Waals surface area (Å²) in [5.74, 6) is 1.20. The first kappa shape index (κ1) is 6.34. The molecule has 1 aliphatic heterocycles. The van der Waals surface area contributed by atoms with Crippen LogP contribution in [-0.4, -0.2) is 36.2 Å². The minimum atomic E-state index is 0.259. The van der Waals surface area contributed by atoms with E-state index in [9.17, 15) is 0 Å². The van der Waals surface area contributed by atoms with Crippen molar-refractivity contribution >= 4 is 33.5 Å². The standard InChI is InChI=1S/C3H7AsOS2/c5-1-3-2-6-4-7-3/h3-5H,1-2H2. The van der Waals surface area contributed by atoms with Crippen LogP contribution in [-0.2, 0) is 0 Å². The molecule has 0 amide bonds. The summed E-state index contributed by atoms with van der Waals surface area (Å²) >= 11 is 0.259. The number of aliphatic hydroxyl groups excluding tert-OH is 1. The second-order valence-electron chi connectivity index (χ2n) is 1.32. The normalized spacial score (nSPS) is 34.7. The van der Waals surface area contributed by atoms with E-state index in [0.29, 0.717) is 11.9 Å². The summed E-state index contributed by atoms with van der Waals surface area (Å²) in [4.78, 5) is 0. The summed E-state index contributed by atoms with van der Waals surface area (Å²) in [5.41, 5.74) is 0. The minimum absolute atomic E-state index is 0.259. The van der Waals surface area contributed by atoms with Crippen molar-refractivity contribution in [2.75, 3.05) is 12.4 Å². The molecule has 1 rings (SSSR count). The summed E-state index contributed by atoms with van der Waals surface area (Å²) in [5, 5.41) is 9.14. The molecule has 1 fully saturated rings. The fourth-order valence-electron chi connectivity index (χ4n) is 0.353. The van der Waals surface area contributed by atoms with E-state index in [0.717, 1.165) is 0 Å². The van der Waals surface area contributed by atoms with Crippen LogP contribution in [0.1, 0.15) is 0 Å². The Bertz CT molecular complexity index is 54.9. The Hall–Kier alpha value is 1.22. The third-order valence-corrected chi connectivity index (χ3v) is 10.2. The van der Waals surface area contributed by atoms with Gasteiger partial charge in [-0.25, -0.2) is 0 Å². The Labute approximate surface area is 56.3 Å². The molecule has 0 aromatic rings. The molecule has 0 radical (unpaired) electrons. The van der Waals surface area contributed by atoms with Crippen molar-refractivity contribution in [3.05, 3.63) is 0 Å². The van der Waals surface area contributed by atoms with Crippen LogP contribution in [0.25, 0.3) is 0 Å². The van der Waals surface area contributed by atoms with Crippen LogP contribution >= 0.6 is 20.0 Å². The van der Waals surface area contributed by atoms with Crippen LogP contribution in [0.15, 0.2) is 0 Å². The van der Waals surface area contributed by atoms with Gasteiger partial charge in [0.2, 0.25) is 0 Å². The van der Waals surface area contributed by atoms with Gasteiger partial charge in [-0.2, -0.15) is 0 Å². The molecule has 0 aliphatic carbocycles. The van der Waals surface area contributed by atoms with Crippen molar-refractivity contribution in [3.63, 3.8) is 0 Å². The zero-order valence-corrected chi connectivity index (χ0v) is 7.49. The Morgan fingerprint density at radius 1 is 1.86 bits per heavy atom. The molecule has 0 bridgehead atoms. The summed E-state index contributed by atoms with van der Waals surface area (Å²) in [6.45, 7) is 0.390. The molecule has 2 unspecified atom stereocenters. The molecule has 7 heavy (non-hydrogen) atoms. The van der Waals surface area contributed by atoms with Crippen LogP contribution < -0.4 is 0 Å². The number of hydrogen-bond acceptors (Lipinski definition) is 3. The second kappa shape index (κ2) is 3.28. The van der Waals surface area contributed by atoms with Gasteiger partial charge in [0.25, 0.3) is 0 Å². The number of rotatable bonds is 1. The maximum absolute atomic E-state index is 8.55. The van der Waals surface area contributed by atoms with E-state index in [2.05, 4.69) is 0 Å². The topological polar surface area (TPSA) is 20.2 Å². The zero-order chi connectivity index (χ0) is 5.11. The Balaban J connectivity index is 2.14. The van der Waals surface area contributed by atoms with E-state index in [1.54, 1.807) is 0 Å². The van der Waals surface area contributed by atoms with Crippen LogP contribution in [0, 0.1) is 0 Å². The number of hydrogen-bond donors (Lipinski definition) is 1. The summed E-state index contributed by atoms with van der Waals surface area (Å²) in [6.07, 6.45) is 0. The van der Waals surface area contributed by atoms with Gasteiger partial charge in [0.05, 0.1) is 0 Å². The van der Waals surface area contributed by atoms with E-state index in [1.165, 1.54) is 5.75 Å². The Morgan fingerprint density at radius 3 is 3.00 bits per heavy atom. The Morgan fingerprint density at radius 2 is 2.71 bits per heavy atom. The van der Waals surface area contributed by atoms with Gasteiger partial charge >= 0.3 is 56.2 Å². The molecule has 1 aliphatic rings. The van der Waals surface area contributed by atoms with Gasteiger partial charge in [0, 0.05) is 0 Å². The van der Waals surface area contributed by atoms with Crippen LogP contribution in [0.4, 0.5) is 0 Å². The molecule has 0 aromatic carbocycles. The van der Waals surface area contributed by atoms with Crippen LogP contribution in [0.2, 0.25) is 0 Å². The molecule has 42 valence electrons. The van der Waals surface area contributed by atoms with Crippen LogP contribution in [0.5, 0.6) is 0 Å². The third-order valence-electron chi connectivity index (χ3n) is 0.747. The van der Waals surface area contributed by atoms with E-state index in [4.69, 9.17) is 5.11 Å². The van der Waals surface area contributed by atoms with E-state index in [-0.39, 0.29) is 13.4 Å². The molecule has 1 heterocycles. The first-order chi connectivity index (χ1) is 3.43. The summed E-state index contributed by atoms with van der Waals surface area (Å²) in [7, 11) is 4.02. The number of aliphatic hydroxyl groups is 1. The third kappa shape index (κ3) is 1.88. The molecule has 0 saturated carbocycles. The van der Waals surface area contributed by atoms with E-state index >= 15 is 0 Å². The second-order valence-corrected chi connectivity index (χ2v) is 9.96. The maximum atomic E-state index is 8.55. The van der Waals surface area contributed by atoms with Gasteiger partial charge in [-0.3, -0.25) is 0 Å². The fourth-order valence-corrected chi connectivity index (χ4v) is 11.2. The summed E-state index contributed by atoms with van der Waals surface area (Å²) < 4.78 is 0.